The molecule has 144 valence electrons. The number of thioether (sulfide) groups is 1. The van der Waals surface area contributed by atoms with Gasteiger partial charge in [0.2, 0.25) is 5.91 Å². The van der Waals surface area contributed by atoms with Crippen molar-refractivity contribution in [2.45, 2.75) is 65.7 Å². The molecule has 0 radical (unpaired) electrons. The number of carbonyl (C=O) groups is 1. The Hall–Kier alpha value is -1.34. The lowest BCUT2D eigenvalue weighted by atomic mass is 9.98. The lowest BCUT2D eigenvalue weighted by molar-refractivity contribution is -0.119. The number of rotatable bonds is 9. The molecule has 5 nitrogen and oxygen atoms in total. The van der Waals surface area contributed by atoms with E-state index >= 15 is 0 Å². The average Bonchev–Trinajstić information content (AvgIpc) is 2.90. The zero-order valence-corrected chi connectivity index (χ0v) is 17.9. The predicted octanol–water partition coefficient (Wildman–Crippen LogP) is 4.03. The minimum Gasteiger partial charge on any atom is -0.353 e. The van der Waals surface area contributed by atoms with E-state index in [1.807, 2.05) is 13.8 Å². The van der Waals surface area contributed by atoms with Crippen LogP contribution in [0.1, 0.15) is 56.8 Å². The molecule has 2 aromatic rings. The molecule has 0 aromatic carbocycles. The largest absolute Gasteiger partial charge is 0.353 e. The fourth-order valence-electron chi connectivity index (χ4n) is 2.69. The third kappa shape index (κ3) is 5.33. The van der Waals surface area contributed by atoms with Gasteiger partial charge >= 0.3 is 0 Å². The lowest BCUT2D eigenvalue weighted by Gasteiger charge is -2.10. The minimum absolute atomic E-state index is 0.0237. The van der Waals surface area contributed by atoms with E-state index in [2.05, 4.69) is 36.1 Å². The molecule has 0 bridgehead atoms. The number of aromatic amines is 1. The zero-order chi connectivity index (χ0) is 19.3. The highest BCUT2D eigenvalue weighted by molar-refractivity contribution is 7.99. The Balaban J connectivity index is 2.09. The van der Waals surface area contributed by atoms with Gasteiger partial charge in [0.15, 0.2) is 0 Å². The first kappa shape index (κ1) is 21.0. The average molecular weight is 396 g/mol. The predicted molar refractivity (Wildman–Crippen MR) is 112 cm³/mol. The highest BCUT2D eigenvalue weighted by Gasteiger charge is 2.17. The van der Waals surface area contributed by atoms with E-state index in [1.165, 1.54) is 16.6 Å². The van der Waals surface area contributed by atoms with Crippen LogP contribution in [0.25, 0.3) is 10.2 Å². The number of fused-ring (bicyclic) bond motifs is 1. The Morgan fingerprint density at radius 3 is 2.69 bits per heavy atom. The first-order chi connectivity index (χ1) is 12.3. The van der Waals surface area contributed by atoms with Crippen molar-refractivity contribution in [3.63, 3.8) is 0 Å². The molecule has 2 aromatic heterocycles. The number of nitrogens with one attached hydrogen (secondary N) is 2. The number of H-pyrrole nitrogens is 1. The first-order valence-electron chi connectivity index (χ1n) is 9.23. The van der Waals surface area contributed by atoms with Gasteiger partial charge in [-0.3, -0.25) is 9.59 Å². The maximum atomic E-state index is 12.6. The highest BCUT2D eigenvalue weighted by Crippen LogP contribution is 2.29. The summed E-state index contributed by atoms with van der Waals surface area (Å²) in [5.41, 5.74) is 1.08. The number of nitrogens with zero attached hydrogens (tertiary/aromatic N) is 1. The summed E-state index contributed by atoms with van der Waals surface area (Å²) < 4.78 is 0. The van der Waals surface area contributed by atoms with Crippen molar-refractivity contribution in [3.05, 3.63) is 26.6 Å². The quantitative estimate of drug-likeness (QED) is 0.672. The van der Waals surface area contributed by atoms with Crippen LogP contribution in [-0.4, -0.2) is 27.7 Å². The van der Waals surface area contributed by atoms with Gasteiger partial charge in [0.05, 0.1) is 16.9 Å². The van der Waals surface area contributed by atoms with Crippen LogP contribution in [0.4, 0.5) is 0 Å². The van der Waals surface area contributed by atoms with Gasteiger partial charge < -0.3 is 10.3 Å². The SMILES string of the molecule is CC[C@H](C)Cc1c(C)sc2nc(CSCC(=O)N[C@H](C)CC)[nH]c(=O)c12. The molecule has 2 heterocycles. The van der Waals surface area contributed by atoms with Crippen molar-refractivity contribution in [2.75, 3.05) is 5.75 Å². The summed E-state index contributed by atoms with van der Waals surface area (Å²) in [5.74, 6) is 2.10. The number of carbonyl (C=O) groups excluding carboxylic acids is 1. The van der Waals surface area contributed by atoms with Crippen LogP contribution >= 0.6 is 23.1 Å². The first-order valence-corrected chi connectivity index (χ1v) is 11.2. The van der Waals surface area contributed by atoms with Crippen LogP contribution in [0.5, 0.6) is 0 Å². The highest BCUT2D eigenvalue weighted by atomic mass is 32.2. The van der Waals surface area contributed by atoms with Crippen LogP contribution in [0.2, 0.25) is 0 Å². The van der Waals surface area contributed by atoms with Gasteiger partial charge in [0, 0.05) is 10.9 Å². The summed E-state index contributed by atoms with van der Waals surface area (Å²) in [6.07, 6.45) is 2.92. The molecule has 0 unspecified atom stereocenters. The number of hydrogen-bond acceptors (Lipinski definition) is 5. The molecule has 0 aliphatic heterocycles. The van der Waals surface area contributed by atoms with Crippen molar-refractivity contribution < 1.29 is 4.79 Å². The molecule has 0 aliphatic carbocycles. The molecule has 2 atom stereocenters. The van der Waals surface area contributed by atoms with Crippen molar-refractivity contribution in [1.29, 1.82) is 0 Å². The smallest absolute Gasteiger partial charge is 0.259 e. The molecule has 0 saturated heterocycles. The normalized spacial score (nSPS) is 13.7. The van der Waals surface area contributed by atoms with Gasteiger partial charge in [-0.05, 0) is 38.2 Å². The number of amides is 1. The van der Waals surface area contributed by atoms with Gasteiger partial charge in [-0.1, -0.05) is 27.2 Å². The fourth-order valence-corrected chi connectivity index (χ4v) is 4.46. The summed E-state index contributed by atoms with van der Waals surface area (Å²) in [6, 6.07) is 0.190. The molecular formula is C19H29N3O2S2. The second kappa shape index (κ2) is 9.55. The number of aromatic nitrogens is 2. The Morgan fingerprint density at radius 2 is 2.04 bits per heavy atom. The van der Waals surface area contributed by atoms with Crippen LogP contribution in [0, 0.1) is 12.8 Å². The Morgan fingerprint density at radius 1 is 1.31 bits per heavy atom. The van der Waals surface area contributed by atoms with E-state index in [-0.39, 0.29) is 17.5 Å². The van der Waals surface area contributed by atoms with Crippen LogP contribution in [0.15, 0.2) is 4.79 Å². The van der Waals surface area contributed by atoms with E-state index in [1.54, 1.807) is 11.3 Å². The van der Waals surface area contributed by atoms with Crippen molar-refractivity contribution in [2.24, 2.45) is 5.92 Å². The Labute approximate surface area is 163 Å². The van der Waals surface area contributed by atoms with Gasteiger partial charge in [0.25, 0.3) is 5.56 Å². The molecule has 1 amide bonds. The molecule has 0 saturated carbocycles. The summed E-state index contributed by atoms with van der Waals surface area (Å²) in [7, 11) is 0. The molecule has 26 heavy (non-hydrogen) atoms. The van der Waals surface area contributed by atoms with E-state index in [0.29, 0.717) is 23.2 Å². The van der Waals surface area contributed by atoms with Gasteiger partial charge in [-0.2, -0.15) is 0 Å². The van der Waals surface area contributed by atoms with Crippen molar-refractivity contribution in [3.8, 4) is 0 Å². The summed E-state index contributed by atoms with van der Waals surface area (Å²) in [6.45, 7) is 10.5. The van der Waals surface area contributed by atoms with Crippen LogP contribution in [0.3, 0.4) is 0 Å². The van der Waals surface area contributed by atoms with Gasteiger partial charge in [0.1, 0.15) is 10.7 Å². The number of aryl methyl sites for hydroxylation is 1. The van der Waals surface area contributed by atoms with E-state index in [4.69, 9.17) is 0 Å². The molecule has 0 aliphatic rings. The fraction of sp³-hybridized carbons (Fsp3) is 0.632. The summed E-state index contributed by atoms with van der Waals surface area (Å²) >= 11 is 3.06. The second-order valence-electron chi connectivity index (χ2n) is 6.92. The molecule has 2 N–H and O–H groups in total. The molecular weight excluding hydrogens is 366 g/mol. The Bertz CT molecular complexity index is 813. The van der Waals surface area contributed by atoms with E-state index in [9.17, 15) is 9.59 Å². The number of hydrogen-bond donors (Lipinski definition) is 2. The van der Waals surface area contributed by atoms with Crippen molar-refractivity contribution >= 4 is 39.2 Å². The Kier molecular flexibility index (Phi) is 7.70. The molecule has 7 heteroatoms. The maximum Gasteiger partial charge on any atom is 0.259 e. The molecule has 2 rings (SSSR count). The third-order valence-electron chi connectivity index (χ3n) is 4.65. The van der Waals surface area contributed by atoms with Gasteiger partial charge in [-0.25, -0.2) is 4.98 Å². The molecule has 0 fully saturated rings. The second-order valence-corrected chi connectivity index (χ2v) is 9.11. The van der Waals surface area contributed by atoms with Gasteiger partial charge in [-0.15, -0.1) is 23.1 Å². The standard InChI is InChI=1S/C19H29N3O2S2/c1-6-11(3)8-14-13(5)26-19-17(14)18(24)21-15(22-19)9-25-10-16(23)20-12(4)7-2/h11-12H,6-10H2,1-5H3,(H,20,23)(H,21,22,24)/t11-,12+/m0/s1. The lowest BCUT2D eigenvalue weighted by Crippen LogP contribution is -2.33. The monoisotopic (exact) mass is 395 g/mol. The minimum atomic E-state index is -0.0580. The molecule has 0 spiro atoms. The zero-order valence-electron chi connectivity index (χ0n) is 16.3. The van der Waals surface area contributed by atoms with E-state index in [0.717, 1.165) is 35.0 Å². The topological polar surface area (TPSA) is 74.8 Å². The summed E-state index contributed by atoms with van der Waals surface area (Å²) in [4.78, 5) is 34.0. The third-order valence-corrected chi connectivity index (χ3v) is 6.64. The number of thiophene rings is 1. The van der Waals surface area contributed by atoms with Crippen LogP contribution in [-0.2, 0) is 17.0 Å². The maximum absolute atomic E-state index is 12.6. The van der Waals surface area contributed by atoms with Crippen LogP contribution < -0.4 is 10.9 Å². The van der Waals surface area contributed by atoms with E-state index < -0.39 is 0 Å². The summed E-state index contributed by atoms with van der Waals surface area (Å²) in [5, 5.41) is 3.69. The van der Waals surface area contributed by atoms with Crippen molar-refractivity contribution in [1.82, 2.24) is 15.3 Å².